The predicted molar refractivity (Wildman–Crippen MR) is 84.1 cm³/mol. The molecule has 2 aromatic rings. The minimum atomic E-state index is -0.827. The Labute approximate surface area is 125 Å². The number of aromatic carboxylic acids is 1. The van der Waals surface area contributed by atoms with Gasteiger partial charge in [-0.25, -0.2) is 4.79 Å². The molecule has 2 atom stereocenters. The fourth-order valence-electron chi connectivity index (χ4n) is 3.83. The Hall–Kier alpha value is -1.90. The molecule has 0 aliphatic heterocycles. The first-order valence-corrected chi connectivity index (χ1v) is 7.55. The maximum Gasteiger partial charge on any atom is 0.336 e. The van der Waals surface area contributed by atoms with Gasteiger partial charge in [0.05, 0.1) is 11.1 Å². The maximum atomic E-state index is 11.9. The topological polar surface area (TPSA) is 50.2 Å². The summed E-state index contributed by atoms with van der Waals surface area (Å²) in [6, 6.07) is 4.04. The second-order valence-corrected chi connectivity index (χ2v) is 6.58. The number of fused-ring (bicyclic) bond motifs is 2. The summed E-state index contributed by atoms with van der Waals surface area (Å²) in [4.78, 5) is 16.7. The molecule has 3 heteroatoms. The minimum absolute atomic E-state index is 0.326. The molecule has 3 nitrogen and oxygen atoms in total. The van der Waals surface area contributed by atoms with E-state index in [0.29, 0.717) is 17.4 Å². The van der Waals surface area contributed by atoms with Crippen LogP contribution < -0.4 is 0 Å². The van der Waals surface area contributed by atoms with Gasteiger partial charge in [0.1, 0.15) is 0 Å². The Morgan fingerprint density at radius 3 is 2.67 bits per heavy atom. The van der Waals surface area contributed by atoms with Gasteiger partial charge in [-0.2, -0.15) is 0 Å². The maximum absolute atomic E-state index is 11.9. The SMILES string of the molecule is Cc1cc(C)c2c(C(=O)O)c3c(nc2c1)C(C)CC(C)C3. The molecule has 21 heavy (non-hydrogen) atoms. The van der Waals surface area contributed by atoms with Crippen LogP contribution in [0.3, 0.4) is 0 Å². The highest BCUT2D eigenvalue weighted by atomic mass is 16.4. The van der Waals surface area contributed by atoms with E-state index in [4.69, 9.17) is 4.98 Å². The Bertz CT molecular complexity index is 749. The lowest BCUT2D eigenvalue weighted by Gasteiger charge is -2.28. The van der Waals surface area contributed by atoms with Gasteiger partial charge < -0.3 is 5.11 Å². The summed E-state index contributed by atoms with van der Waals surface area (Å²) in [6.45, 7) is 8.35. The van der Waals surface area contributed by atoms with Gasteiger partial charge in [0.2, 0.25) is 0 Å². The number of nitrogens with zero attached hydrogens (tertiary/aromatic N) is 1. The second kappa shape index (κ2) is 4.83. The highest BCUT2D eigenvalue weighted by Crippen LogP contribution is 2.38. The van der Waals surface area contributed by atoms with E-state index in [1.807, 2.05) is 26.0 Å². The quantitative estimate of drug-likeness (QED) is 0.851. The number of aryl methyl sites for hydroxylation is 2. The molecule has 1 aromatic carbocycles. The van der Waals surface area contributed by atoms with Gasteiger partial charge in [-0.1, -0.05) is 19.9 Å². The molecule has 1 aliphatic carbocycles. The number of rotatable bonds is 1. The number of carbonyl (C=O) groups is 1. The molecule has 0 radical (unpaired) electrons. The van der Waals surface area contributed by atoms with Crippen molar-refractivity contribution in [3.63, 3.8) is 0 Å². The molecule has 2 unspecified atom stereocenters. The molecule has 0 saturated heterocycles. The first-order chi connectivity index (χ1) is 9.88. The summed E-state index contributed by atoms with van der Waals surface area (Å²) >= 11 is 0. The number of carboxylic acids is 1. The van der Waals surface area contributed by atoms with Crippen LogP contribution in [-0.4, -0.2) is 16.1 Å². The van der Waals surface area contributed by atoms with Crippen LogP contribution in [0.5, 0.6) is 0 Å². The number of hydrogen-bond donors (Lipinski definition) is 1. The molecule has 1 aromatic heterocycles. The Kier molecular flexibility index (Phi) is 3.23. The van der Waals surface area contributed by atoms with Crippen molar-refractivity contribution < 1.29 is 9.90 Å². The van der Waals surface area contributed by atoms with Gasteiger partial charge in [0.25, 0.3) is 0 Å². The summed E-state index contributed by atoms with van der Waals surface area (Å²) in [5.74, 6) is 0.00887. The van der Waals surface area contributed by atoms with E-state index < -0.39 is 5.97 Å². The van der Waals surface area contributed by atoms with E-state index in [-0.39, 0.29) is 0 Å². The molecular formula is C18H21NO2. The molecule has 110 valence electrons. The summed E-state index contributed by atoms with van der Waals surface area (Å²) < 4.78 is 0. The number of hydrogen-bond acceptors (Lipinski definition) is 2. The molecule has 0 bridgehead atoms. The third-order valence-corrected chi connectivity index (χ3v) is 4.55. The van der Waals surface area contributed by atoms with E-state index in [1.54, 1.807) is 0 Å². The van der Waals surface area contributed by atoms with Crippen LogP contribution in [0.2, 0.25) is 0 Å². The Morgan fingerprint density at radius 1 is 1.29 bits per heavy atom. The number of benzene rings is 1. The molecule has 0 fully saturated rings. The van der Waals surface area contributed by atoms with Crippen LogP contribution in [-0.2, 0) is 6.42 Å². The number of aromatic nitrogens is 1. The zero-order valence-electron chi connectivity index (χ0n) is 13.0. The fourth-order valence-corrected chi connectivity index (χ4v) is 3.83. The minimum Gasteiger partial charge on any atom is -0.478 e. The van der Waals surface area contributed by atoms with Crippen molar-refractivity contribution in [1.82, 2.24) is 4.98 Å². The van der Waals surface area contributed by atoms with Crippen LogP contribution in [0.4, 0.5) is 0 Å². The predicted octanol–water partition coefficient (Wildman–Crippen LogP) is 4.24. The van der Waals surface area contributed by atoms with Crippen molar-refractivity contribution >= 4 is 16.9 Å². The van der Waals surface area contributed by atoms with Crippen molar-refractivity contribution in [2.45, 2.75) is 46.5 Å². The average Bonchev–Trinajstić information content (AvgIpc) is 2.36. The van der Waals surface area contributed by atoms with Gasteiger partial charge in [0, 0.05) is 11.1 Å². The monoisotopic (exact) mass is 283 g/mol. The molecular weight excluding hydrogens is 262 g/mol. The lowest BCUT2D eigenvalue weighted by molar-refractivity contribution is 0.0697. The Balaban J connectivity index is 2.45. The van der Waals surface area contributed by atoms with Crippen molar-refractivity contribution in [2.75, 3.05) is 0 Å². The van der Waals surface area contributed by atoms with E-state index in [1.165, 1.54) is 0 Å². The zero-order chi connectivity index (χ0) is 15.3. The number of pyridine rings is 1. The van der Waals surface area contributed by atoms with Gasteiger partial charge in [-0.3, -0.25) is 4.98 Å². The second-order valence-electron chi connectivity index (χ2n) is 6.58. The molecule has 0 spiro atoms. The van der Waals surface area contributed by atoms with Crippen molar-refractivity contribution in [3.8, 4) is 0 Å². The standard InChI is InChI=1S/C18H21NO2/c1-9-6-12(4)17-13(7-9)16(18(20)21)15-11(3)5-10(2)8-14(15)19-17/h5,8-9,12H,6-7H2,1-4H3,(H,20,21). The summed E-state index contributed by atoms with van der Waals surface area (Å²) in [5, 5.41) is 10.6. The molecule has 1 N–H and O–H groups in total. The largest absolute Gasteiger partial charge is 0.478 e. The molecule has 1 aliphatic rings. The van der Waals surface area contributed by atoms with Gasteiger partial charge in [-0.05, 0) is 61.3 Å². The van der Waals surface area contributed by atoms with Gasteiger partial charge in [-0.15, -0.1) is 0 Å². The normalized spacial score (nSPS) is 21.3. The van der Waals surface area contributed by atoms with Gasteiger partial charge >= 0.3 is 5.97 Å². The molecule has 0 amide bonds. The van der Waals surface area contributed by atoms with Crippen LogP contribution >= 0.6 is 0 Å². The van der Waals surface area contributed by atoms with Crippen LogP contribution in [0.1, 0.15) is 58.9 Å². The molecule has 1 heterocycles. The van der Waals surface area contributed by atoms with E-state index in [9.17, 15) is 9.90 Å². The van der Waals surface area contributed by atoms with E-state index >= 15 is 0 Å². The van der Waals surface area contributed by atoms with E-state index in [2.05, 4.69) is 13.8 Å². The Morgan fingerprint density at radius 2 is 2.00 bits per heavy atom. The first-order valence-electron chi connectivity index (χ1n) is 7.55. The first kappa shape index (κ1) is 14.1. The molecule has 0 saturated carbocycles. The molecule has 3 rings (SSSR count). The van der Waals surface area contributed by atoms with Crippen molar-refractivity contribution in [1.29, 1.82) is 0 Å². The van der Waals surface area contributed by atoms with Crippen LogP contribution in [0.25, 0.3) is 10.9 Å². The van der Waals surface area contributed by atoms with Gasteiger partial charge in [0.15, 0.2) is 0 Å². The zero-order valence-corrected chi connectivity index (χ0v) is 13.0. The van der Waals surface area contributed by atoms with Crippen molar-refractivity contribution in [2.24, 2.45) is 5.92 Å². The van der Waals surface area contributed by atoms with Crippen LogP contribution in [0, 0.1) is 19.8 Å². The third-order valence-electron chi connectivity index (χ3n) is 4.55. The highest BCUT2D eigenvalue weighted by molar-refractivity contribution is 6.05. The van der Waals surface area contributed by atoms with Crippen molar-refractivity contribution in [3.05, 3.63) is 40.1 Å². The van der Waals surface area contributed by atoms with Crippen LogP contribution in [0.15, 0.2) is 12.1 Å². The third kappa shape index (κ3) is 2.21. The van der Waals surface area contributed by atoms with E-state index in [0.717, 1.165) is 46.1 Å². The highest BCUT2D eigenvalue weighted by Gasteiger charge is 2.29. The fraction of sp³-hybridized carbons (Fsp3) is 0.444. The summed E-state index contributed by atoms with van der Waals surface area (Å²) in [5.41, 5.74) is 5.37. The number of carboxylic acid groups (broad SMARTS) is 1. The smallest absolute Gasteiger partial charge is 0.336 e. The summed E-state index contributed by atoms with van der Waals surface area (Å²) in [6.07, 6.45) is 1.90. The average molecular weight is 283 g/mol. The lowest BCUT2D eigenvalue weighted by Crippen LogP contribution is -2.20. The lowest BCUT2D eigenvalue weighted by atomic mass is 9.78. The summed E-state index contributed by atoms with van der Waals surface area (Å²) in [7, 11) is 0.